The van der Waals surface area contributed by atoms with Gasteiger partial charge in [-0.2, -0.15) is 5.10 Å². The second-order valence-electron chi connectivity index (χ2n) is 2.94. The highest BCUT2D eigenvalue weighted by molar-refractivity contribution is 9.10. The number of halogens is 1. The number of hydrogen-bond donors (Lipinski definition) is 1. The third-order valence-electron chi connectivity index (χ3n) is 1.77. The SMILES string of the molecule is Nc1cnn(Cc2ccc(Br)cn2)c1. The van der Waals surface area contributed by atoms with Gasteiger partial charge in [0.15, 0.2) is 0 Å². The van der Waals surface area contributed by atoms with Gasteiger partial charge >= 0.3 is 0 Å². The van der Waals surface area contributed by atoms with E-state index in [1.165, 1.54) is 0 Å². The lowest BCUT2D eigenvalue weighted by Crippen LogP contribution is -2.01. The number of nitrogen functional groups attached to an aromatic ring is 1. The molecule has 14 heavy (non-hydrogen) atoms. The maximum Gasteiger partial charge on any atom is 0.0832 e. The fourth-order valence-corrected chi connectivity index (χ4v) is 1.37. The average Bonchev–Trinajstić information content (AvgIpc) is 2.56. The molecule has 4 nitrogen and oxygen atoms in total. The quantitative estimate of drug-likeness (QED) is 0.885. The molecule has 0 saturated carbocycles. The number of hydrogen-bond acceptors (Lipinski definition) is 3. The van der Waals surface area contributed by atoms with Crippen molar-refractivity contribution < 1.29 is 0 Å². The molecule has 0 spiro atoms. The molecule has 0 aliphatic carbocycles. The van der Waals surface area contributed by atoms with Gasteiger partial charge < -0.3 is 5.73 Å². The molecule has 0 amide bonds. The van der Waals surface area contributed by atoms with Crippen LogP contribution in [-0.2, 0) is 6.54 Å². The van der Waals surface area contributed by atoms with Crippen LogP contribution in [0, 0.1) is 0 Å². The van der Waals surface area contributed by atoms with Crippen molar-refractivity contribution in [2.75, 3.05) is 5.73 Å². The summed E-state index contributed by atoms with van der Waals surface area (Å²) in [7, 11) is 0. The van der Waals surface area contributed by atoms with Gasteiger partial charge in [0.1, 0.15) is 0 Å². The van der Waals surface area contributed by atoms with Gasteiger partial charge in [0.25, 0.3) is 0 Å². The first-order valence-corrected chi connectivity index (χ1v) is 4.92. The van der Waals surface area contributed by atoms with E-state index in [1.807, 2.05) is 12.1 Å². The Morgan fingerprint density at radius 1 is 1.36 bits per heavy atom. The van der Waals surface area contributed by atoms with E-state index in [4.69, 9.17) is 5.73 Å². The molecule has 2 aromatic rings. The Balaban J connectivity index is 2.15. The van der Waals surface area contributed by atoms with Crippen molar-refractivity contribution in [1.82, 2.24) is 14.8 Å². The van der Waals surface area contributed by atoms with Crippen molar-refractivity contribution in [2.45, 2.75) is 6.54 Å². The van der Waals surface area contributed by atoms with E-state index in [0.29, 0.717) is 12.2 Å². The molecule has 0 radical (unpaired) electrons. The predicted molar refractivity (Wildman–Crippen MR) is 57.7 cm³/mol. The third kappa shape index (κ3) is 2.11. The standard InChI is InChI=1S/C9H9BrN4/c10-7-1-2-9(12-3-7)6-14-5-8(11)4-13-14/h1-5H,6,11H2. The van der Waals surface area contributed by atoms with Gasteiger partial charge in [0.2, 0.25) is 0 Å². The summed E-state index contributed by atoms with van der Waals surface area (Å²) in [6, 6.07) is 3.90. The van der Waals surface area contributed by atoms with Crippen molar-refractivity contribution in [3.63, 3.8) is 0 Å². The zero-order chi connectivity index (χ0) is 9.97. The second kappa shape index (κ2) is 3.79. The predicted octanol–water partition coefficient (Wildman–Crippen LogP) is 1.67. The zero-order valence-electron chi connectivity index (χ0n) is 7.39. The van der Waals surface area contributed by atoms with Crippen LogP contribution in [-0.4, -0.2) is 14.8 Å². The van der Waals surface area contributed by atoms with Crippen molar-refractivity contribution >= 4 is 21.6 Å². The molecule has 0 atom stereocenters. The Morgan fingerprint density at radius 3 is 2.79 bits per heavy atom. The lowest BCUT2D eigenvalue weighted by molar-refractivity contribution is 0.672. The van der Waals surface area contributed by atoms with Crippen LogP contribution in [0.25, 0.3) is 0 Å². The van der Waals surface area contributed by atoms with Crippen LogP contribution >= 0.6 is 15.9 Å². The largest absolute Gasteiger partial charge is 0.396 e. The minimum Gasteiger partial charge on any atom is -0.396 e. The summed E-state index contributed by atoms with van der Waals surface area (Å²) in [5.74, 6) is 0. The zero-order valence-corrected chi connectivity index (χ0v) is 8.98. The Morgan fingerprint density at radius 2 is 2.21 bits per heavy atom. The lowest BCUT2D eigenvalue weighted by atomic mass is 10.3. The summed E-state index contributed by atoms with van der Waals surface area (Å²) in [5, 5.41) is 4.07. The highest BCUT2D eigenvalue weighted by Gasteiger charge is 1.97. The molecule has 0 aliphatic heterocycles. The highest BCUT2D eigenvalue weighted by Crippen LogP contribution is 2.08. The Labute approximate surface area is 89.9 Å². The summed E-state index contributed by atoms with van der Waals surface area (Å²) < 4.78 is 2.73. The Hall–Kier alpha value is -1.36. The van der Waals surface area contributed by atoms with Crippen molar-refractivity contribution in [3.8, 4) is 0 Å². The van der Waals surface area contributed by atoms with Crippen LogP contribution in [0.2, 0.25) is 0 Å². The fraction of sp³-hybridized carbons (Fsp3) is 0.111. The average molecular weight is 253 g/mol. The molecule has 0 aromatic carbocycles. The minimum absolute atomic E-state index is 0.643. The van der Waals surface area contributed by atoms with Crippen LogP contribution in [0.1, 0.15) is 5.69 Å². The van der Waals surface area contributed by atoms with Crippen LogP contribution in [0.3, 0.4) is 0 Å². The van der Waals surface area contributed by atoms with Crippen LogP contribution in [0.15, 0.2) is 35.2 Å². The molecule has 5 heteroatoms. The Kier molecular flexibility index (Phi) is 2.49. The van der Waals surface area contributed by atoms with Crippen molar-refractivity contribution in [2.24, 2.45) is 0 Å². The fourth-order valence-electron chi connectivity index (χ4n) is 1.13. The molecule has 0 bridgehead atoms. The number of aromatic nitrogens is 3. The van der Waals surface area contributed by atoms with Gasteiger partial charge in [-0.25, -0.2) is 0 Å². The first-order valence-electron chi connectivity index (χ1n) is 4.12. The first kappa shape index (κ1) is 9.21. The maximum absolute atomic E-state index is 5.55. The lowest BCUT2D eigenvalue weighted by Gasteiger charge is -2.00. The van der Waals surface area contributed by atoms with Gasteiger partial charge in [-0.1, -0.05) is 0 Å². The molecule has 0 saturated heterocycles. The van der Waals surface area contributed by atoms with Gasteiger partial charge in [-0.3, -0.25) is 9.67 Å². The van der Waals surface area contributed by atoms with E-state index in [0.717, 1.165) is 10.2 Å². The van der Waals surface area contributed by atoms with E-state index in [1.54, 1.807) is 23.3 Å². The molecular weight excluding hydrogens is 244 g/mol. The molecule has 0 aliphatic rings. The van der Waals surface area contributed by atoms with Gasteiger partial charge in [0, 0.05) is 16.9 Å². The van der Waals surface area contributed by atoms with Gasteiger partial charge in [0.05, 0.1) is 24.1 Å². The number of anilines is 1. The van der Waals surface area contributed by atoms with E-state index < -0.39 is 0 Å². The molecular formula is C9H9BrN4. The molecule has 2 aromatic heterocycles. The number of pyridine rings is 1. The summed E-state index contributed by atoms with van der Waals surface area (Å²) in [4.78, 5) is 4.23. The summed E-state index contributed by atoms with van der Waals surface area (Å²) in [6.07, 6.45) is 5.17. The summed E-state index contributed by atoms with van der Waals surface area (Å²) in [6.45, 7) is 0.643. The Bertz CT molecular complexity index is 421. The smallest absolute Gasteiger partial charge is 0.0832 e. The van der Waals surface area contributed by atoms with Crippen LogP contribution in [0.4, 0.5) is 5.69 Å². The van der Waals surface area contributed by atoms with E-state index in [2.05, 4.69) is 26.0 Å². The van der Waals surface area contributed by atoms with Crippen molar-refractivity contribution in [1.29, 1.82) is 0 Å². The van der Waals surface area contributed by atoms with E-state index >= 15 is 0 Å². The second-order valence-corrected chi connectivity index (χ2v) is 3.85. The number of nitrogens with zero attached hydrogens (tertiary/aromatic N) is 3. The van der Waals surface area contributed by atoms with Crippen molar-refractivity contribution in [3.05, 3.63) is 40.9 Å². The molecule has 0 fully saturated rings. The minimum atomic E-state index is 0.643. The number of rotatable bonds is 2. The van der Waals surface area contributed by atoms with E-state index in [-0.39, 0.29) is 0 Å². The van der Waals surface area contributed by atoms with E-state index in [9.17, 15) is 0 Å². The normalized spacial score (nSPS) is 10.4. The monoisotopic (exact) mass is 252 g/mol. The molecule has 2 heterocycles. The third-order valence-corrected chi connectivity index (χ3v) is 2.23. The maximum atomic E-state index is 5.55. The summed E-state index contributed by atoms with van der Waals surface area (Å²) in [5.41, 5.74) is 7.17. The van der Waals surface area contributed by atoms with Gasteiger partial charge in [-0.15, -0.1) is 0 Å². The molecule has 2 N–H and O–H groups in total. The molecule has 0 unspecified atom stereocenters. The van der Waals surface area contributed by atoms with Crippen LogP contribution < -0.4 is 5.73 Å². The summed E-state index contributed by atoms with van der Waals surface area (Å²) >= 11 is 3.33. The first-order chi connectivity index (χ1) is 6.74. The highest BCUT2D eigenvalue weighted by atomic mass is 79.9. The van der Waals surface area contributed by atoms with Gasteiger partial charge in [-0.05, 0) is 28.1 Å². The molecule has 72 valence electrons. The number of nitrogens with two attached hydrogens (primary N) is 1. The topological polar surface area (TPSA) is 56.7 Å². The molecule has 2 rings (SSSR count). The van der Waals surface area contributed by atoms with Crippen LogP contribution in [0.5, 0.6) is 0 Å².